The van der Waals surface area contributed by atoms with Gasteiger partial charge < -0.3 is 20.0 Å². The summed E-state index contributed by atoms with van der Waals surface area (Å²) in [6.45, 7) is 3.96. The summed E-state index contributed by atoms with van der Waals surface area (Å²) in [7, 11) is 0. The van der Waals surface area contributed by atoms with Gasteiger partial charge in [0.1, 0.15) is 5.76 Å². The molecule has 2 N–H and O–H groups in total. The van der Waals surface area contributed by atoms with E-state index < -0.39 is 0 Å². The first-order chi connectivity index (χ1) is 11.2. The second-order valence-electron chi connectivity index (χ2n) is 6.36. The lowest BCUT2D eigenvalue weighted by Gasteiger charge is -2.30. The van der Waals surface area contributed by atoms with Gasteiger partial charge in [-0.15, -0.1) is 0 Å². The van der Waals surface area contributed by atoms with Crippen LogP contribution in [0, 0.1) is 0 Å². The van der Waals surface area contributed by atoms with Crippen molar-refractivity contribution in [2.24, 2.45) is 0 Å². The van der Waals surface area contributed by atoms with Gasteiger partial charge in [-0.05, 0) is 49.2 Å². The number of nitrogen functional groups attached to an aromatic ring is 1. The van der Waals surface area contributed by atoms with Crippen LogP contribution < -0.4 is 5.73 Å². The van der Waals surface area contributed by atoms with E-state index in [1.54, 1.807) is 6.07 Å². The molecule has 4 heterocycles. The van der Waals surface area contributed by atoms with Crippen molar-refractivity contribution in [3.63, 3.8) is 0 Å². The van der Waals surface area contributed by atoms with Gasteiger partial charge >= 0.3 is 0 Å². The first-order valence-corrected chi connectivity index (χ1v) is 8.20. The molecule has 0 atom stereocenters. The van der Waals surface area contributed by atoms with Crippen molar-refractivity contribution < 1.29 is 9.21 Å². The van der Waals surface area contributed by atoms with Crippen LogP contribution in [0.4, 0.5) is 5.69 Å². The summed E-state index contributed by atoms with van der Waals surface area (Å²) in [5.41, 5.74) is 7.36. The third-order valence-corrected chi connectivity index (χ3v) is 4.93. The molecule has 2 aromatic rings. The molecule has 0 unspecified atom stereocenters. The van der Waals surface area contributed by atoms with Crippen molar-refractivity contribution in [1.82, 2.24) is 9.80 Å². The Hall–Kier alpha value is -2.27. The van der Waals surface area contributed by atoms with Crippen molar-refractivity contribution >= 4 is 11.6 Å². The van der Waals surface area contributed by atoms with Crippen LogP contribution in [0.5, 0.6) is 0 Å². The number of nitrogens with two attached hydrogens (primary N) is 1. The molecule has 0 radical (unpaired) electrons. The maximum atomic E-state index is 12.8. The second kappa shape index (κ2) is 5.74. The van der Waals surface area contributed by atoms with Gasteiger partial charge in [0.25, 0.3) is 5.91 Å². The minimum Gasteiger partial charge on any atom is -0.451 e. The molecule has 3 saturated heterocycles. The van der Waals surface area contributed by atoms with Crippen LogP contribution in [0.25, 0.3) is 11.3 Å². The zero-order valence-corrected chi connectivity index (χ0v) is 13.1. The summed E-state index contributed by atoms with van der Waals surface area (Å²) >= 11 is 0. The number of fused-ring (bicyclic) bond motifs is 4. The van der Waals surface area contributed by atoms with Crippen molar-refractivity contribution in [2.75, 3.05) is 31.9 Å². The van der Waals surface area contributed by atoms with Gasteiger partial charge in [-0.1, -0.05) is 0 Å². The molecule has 0 saturated carbocycles. The SMILES string of the molecule is Nc1ccc(-c2ccc(C(=O)N3CCN4CCC3CC4)o2)cc1. The van der Waals surface area contributed by atoms with Gasteiger partial charge in [0.15, 0.2) is 5.76 Å². The number of rotatable bonds is 2. The fourth-order valence-corrected chi connectivity index (χ4v) is 3.55. The Balaban J connectivity index is 1.56. The van der Waals surface area contributed by atoms with Crippen LogP contribution in [0.1, 0.15) is 23.4 Å². The van der Waals surface area contributed by atoms with Crippen molar-refractivity contribution in [3.8, 4) is 11.3 Å². The molecule has 120 valence electrons. The lowest BCUT2D eigenvalue weighted by atomic mass is 10.1. The Kier molecular flexibility index (Phi) is 3.58. The predicted octanol–water partition coefficient (Wildman–Crippen LogP) is 2.45. The summed E-state index contributed by atoms with van der Waals surface area (Å²) in [6, 6.07) is 11.5. The van der Waals surface area contributed by atoms with Crippen LogP contribution in [0.2, 0.25) is 0 Å². The van der Waals surface area contributed by atoms with E-state index in [1.807, 2.05) is 35.2 Å². The topological polar surface area (TPSA) is 62.7 Å². The smallest absolute Gasteiger partial charge is 0.289 e. The Labute approximate surface area is 135 Å². The molecule has 1 aromatic carbocycles. The molecule has 3 aliphatic heterocycles. The van der Waals surface area contributed by atoms with E-state index in [0.29, 0.717) is 23.2 Å². The number of carbonyl (C=O) groups excluding carboxylic acids is 1. The molecule has 2 bridgehead atoms. The van der Waals surface area contributed by atoms with Gasteiger partial charge in [-0.2, -0.15) is 0 Å². The van der Waals surface area contributed by atoms with E-state index in [2.05, 4.69) is 4.90 Å². The number of piperidine rings is 1. The molecule has 0 aliphatic carbocycles. The summed E-state index contributed by atoms with van der Waals surface area (Å²) in [4.78, 5) is 17.3. The molecule has 1 amide bonds. The number of carbonyl (C=O) groups is 1. The zero-order valence-electron chi connectivity index (χ0n) is 13.1. The summed E-state index contributed by atoms with van der Waals surface area (Å²) in [6.07, 6.45) is 2.13. The number of nitrogens with zero attached hydrogens (tertiary/aromatic N) is 2. The molecule has 5 rings (SSSR count). The highest BCUT2D eigenvalue weighted by atomic mass is 16.4. The van der Waals surface area contributed by atoms with Crippen LogP contribution in [-0.2, 0) is 0 Å². The van der Waals surface area contributed by atoms with Crippen molar-refractivity contribution in [1.29, 1.82) is 0 Å². The second-order valence-corrected chi connectivity index (χ2v) is 6.36. The molecule has 0 spiro atoms. The van der Waals surface area contributed by atoms with Gasteiger partial charge in [0.05, 0.1) is 0 Å². The molecule has 1 aromatic heterocycles. The molecule has 23 heavy (non-hydrogen) atoms. The highest BCUT2D eigenvalue weighted by Crippen LogP contribution is 2.26. The number of anilines is 1. The Morgan fingerprint density at radius 2 is 1.74 bits per heavy atom. The standard InChI is InChI=1S/C18H21N3O2/c19-14-3-1-13(2-4-14)16-5-6-17(23-16)18(22)21-12-11-20-9-7-15(21)8-10-20/h1-6,15H,7-12,19H2. The third kappa shape index (κ3) is 2.72. The average Bonchev–Trinajstić information content (AvgIpc) is 2.88. The van der Waals surface area contributed by atoms with Crippen LogP contribution >= 0.6 is 0 Å². The van der Waals surface area contributed by atoms with Crippen LogP contribution in [0.15, 0.2) is 40.8 Å². The number of furan rings is 1. The maximum Gasteiger partial charge on any atom is 0.289 e. The van der Waals surface area contributed by atoms with Gasteiger partial charge in [-0.3, -0.25) is 4.79 Å². The van der Waals surface area contributed by atoms with E-state index in [4.69, 9.17) is 10.2 Å². The monoisotopic (exact) mass is 311 g/mol. The predicted molar refractivity (Wildman–Crippen MR) is 89.1 cm³/mol. The Bertz CT molecular complexity index is 699. The highest BCUT2D eigenvalue weighted by Gasteiger charge is 2.33. The summed E-state index contributed by atoms with van der Waals surface area (Å²) in [5, 5.41) is 0. The molecule has 3 fully saturated rings. The first-order valence-electron chi connectivity index (χ1n) is 8.20. The first kappa shape index (κ1) is 14.3. The van der Waals surface area contributed by atoms with Crippen molar-refractivity contribution in [2.45, 2.75) is 18.9 Å². The Morgan fingerprint density at radius 1 is 1.00 bits per heavy atom. The third-order valence-electron chi connectivity index (χ3n) is 4.93. The molecular weight excluding hydrogens is 290 g/mol. The van der Waals surface area contributed by atoms with Crippen LogP contribution in [-0.4, -0.2) is 47.9 Å². The lowest BCUT2D eigenvalue weighted by molar-refractivity contribution is 0.0653. The fraction of sp³-hybridized carbons (Fsp3) is 0.389. The van der Waals surface area contributed by atoms with Gasteiger partial charge in [0.2, 0.25) is 0 Å². The number of hydrogen-bond acceptors (Lipinski definition) is 4. The number of benzene rings is 1. The van der Waals surface area contributed by atoms with E-state index >= 15 is 0 Å². The molecule has 5 heteroatoms. The van der Waals surface area contributed by atoms with E-state index in [-0.39, 0.29) is 5.91 Å². The van der Waals surface area contributed by atoms with E-state index in [9.17, 15) is 4.79 Å². The number of amides is 1. The van der Waals surface area contributed by atoms with Crippen molar-refractivity contribution in [3.05, 3.63) is 42.2 Å². The lowest BCUT2D eigenvalue weighted by Crippen LogP contribution is -2.41. The summed E-state index contributed by atoms with van der Waals surface area (Å²) < 4.78 is 5.83. The van der Waals surface area contributed by atoms with Crippen LogP contribution in [0.3, 0.4) is 0 Å². The average molecular weight is 311 g/mol. The van der Waals surface area contributed by atoms with Gasteiger partial charge in [-0.25, -0.2) is 0 Å². The highest BCUT2D eigenvalue weighted by molar-refractivity contribution is 5.92. The zero-order chi connectivity index (χ0) is 15.8. The normalized spacial score (nSPS) is 23.7. The minimum absolute atomic E-state index is 0.0143. The van der Waals surface area contributed by atoms with E-state index in [0.717, 1.165) is 44.6 Å². The quantitative estimate of drug-likeness (QED) is 0.865. The summed E-state index contributed by atoms with van der Waals surface area (Å²) in [5.74, 6) is 1.15. The molecular formula is C18H21N3O2. The minimum atomic E-state index is 0.0143. The molecule has 5 nitrogen and oxygen atoms in total. The Morgan fingerprint density at radius 3 is 2.48 bits per heavy atom. The molecule has 3 aliphatic rings. The van der Waals surface area contributed by atoms with Gasteiger partial charge in [0, 0.05) is 43.5 Å². The number of hydrogen-bond donors (Lipinski definition) is 1. The fourth-order valence-electron chi connectivity index (χ4n) is 3.55. The largest absolute Gasteiger partial charge is 0.451 e. The maximum absolute atomic E-state index is 12.8. The van der Waals surface area contributed by atoms with E-state index in [1.165, 1.54) is 0 Å².